The van der Waals surface area contributed by atoms with Gasteiger partial charge in [0.15, 0.2) is 0 Å². The summed E-state index contributed by atoms with van der Waals surface area (Å²) >= 11 is 0. The van der Waals surface area contributed by atoms with E-state index in [1.165, 1.54) is 57.9 Å². The maximum atomic E-state index is 2.34. The SMILES string of the molecule is CN(C)CCCC1CCCCC12CCCCC2.Cl. The van der Waals surface area contributed by atoms with Crippen LogP contribution in [0.5, 0.6) is 0 Å². The maximum absolute atomic E-state index is 2.34. The van der Waals surface area contributed by atoms with E-state index in [1.807, 2.05) is 0 Å². The summed E-state index contributed by atoms with van der Waals surface area (Å²) in [6.07, 6.45) is 16.7. The number of nitrogens with zero attached hydrogens (tertiary/aromatic N) is 1. The highest BCUT2D eigenvalue weighted by atomic mass is 35.5. The van der Waals surface area contributed by atoms with Gasteiger partial charge in [-0.25, -0.2) is 0 Å². The van der Waals surface area contributed by atoms with Crippen LogP contribution in [0, 0.1) is 11.3 Å². The molecule has 2 aliphatic carbocycles. The minimum Gasteiger partial charge on any atom is -0.309 e. The second-order valence-corrected chi connectivity index (χ2v) is 6.81. The lowest BCUT2D eigenvalue weighted by Crippen LogP contribution is -2.36. The van der Waals surface area contributed by atoms with Crippen LogP contribution in [0.15, 0.2) is 0 Å². The lowest BCUT2D eigenvalue weighted by molar-refractivity contribution is 0.0404. The highest BCUT2D eigenvalue weighted by Crippen LogP contribution is 2.52. The van der Waals surface area contributed by atoms with Crippen molar-refractivity contribution in [2.24, 2.45) is 11.3 Å². The van der Waals surface area contributed by atoms with Crippen molar-refractivity contribution in [1.29, 1.82) is 0 Å². The quantitative estimate of drug-likeness (QED) is 0.705. The first-order chi connectivity index (χ1) is 8.23. The van der Waals surface area contributed by atoms with E-state index in [4.69, 9.17) is 0 Å². The topological polar surface area (TPSA) is 3.24 Å². The molecule has 0 amide bonds. The lowest BCUT2D eigenvalue weighted by Gasteiger charge is -2.47. The molecule has 108 valence electrons. The van der Waals surface area contributed by atoms with Crippen LogP contribution < -0.4 is 0 Å². The predicted molar refractivity (Wildman–Crippen MR) is 82.5 cm³/mol. The Bertz CT molecular complexity index is 213. The standard InChI is InChI=1S/C16H31N.ClH/c1-17(2)14-8-10-15-9-4-7-13-16(15)11-5-3-6-12-16;/h15H,3-14H2,1-2H3;1H. The lowest BCUT2D eigenvalue weighted by atomic mass is 9.58. The van der Waals surface area contributed by atoms with E-state index in [2.05, 4.69) is 19.0 Å². The Hall–Kier alpha value is 0.250. The van der Waals surface area contributed by atoms with Crippen molar-refractivity contribution in [2.75, 3.05) is 20.6 Å². The molecule has 1 unspecified atom stereocenters. The predicted octanol–water partition coefficient (Wildman–Crippen LogP) is 4.89. The summed E-state index contributed by atoms with van der Waals surface area (Å²) in [5, 5.41) is 0. The second kappa shape index (κ2) is 7.75. The molecule has 2 fully saturated rings. The molecule has 0 saturated heterocycles. The van der Waals surface area contributed by atoms with Gasteiger partial charge in [0.2, 0.25) is 0 Å². The molecule has 0 N–H and O–H groups in total. The fourth-order valence-electron chi connectivity index (χ4n) is 4.40. The van der Waals surface area contributed by atoms with Crippen molar-refractivity contribution < 1.29 is 0 Å². The smallest absolute Gasteiger partial charge is 0.00247 e. The average Bonchev–Trinajstić information content (AvgIpc) is 2.32. The molecule has 2 heteroatoms. The van der Waals surface area contributed by atoms with E-state index in [0.29, 0.717) is 0 Å². The molecule has 0 aromatic carbocycles. The molecule has 1 atom stereocenters. The summed E-state index contributed by atoms with van der Waals surface area (Å²) in [5.41, 5.74) is 0.794. The first-order valence-electron chi connectivity index (χ1n) is 7.88. The van der Waals surface area contributed by atoms with Gasteiger partial charge in [-0.05, 0) is 70.5 Å². The third-order valence-corrected chi connectivity index (χ3v) is 5.35. The zero-order chi connectivity index (χ0) is 12.1. The Balaban J connectivity index is 0.00000162. The first-order valence-corrected chi connectivity index (χ1v) is 7.88. The Kier molecular flexibility index (Phi) is 7.02. The van der Waals surface area contributed by atoms with Gasteiger partial charge in [-0.1, -0.05) is 32.1 Å². The van der Waals surface area contributed by atoms with Crippen molar-refractivity contribution in [2.45, 2.75) is 70.6 Å². The van der Waals surface area contributed by atoms with Crippen LogP contribution in [0.2, 0.25) is 0 Å². The summed E-state index contributed by atoms with van der Waals surface area (Å²) < 4.78 is 0. The van der Waals surface area contributed by atoms with Gasteiger partial charge in [0.25, 0.3) is 0 Å². The van der Waals surface area contributed by atoms with Gasteiger partial charge in [-0.2, -0.15) is 0 Å². The van der Waals surface area contributed by atoms with Gasteiger partial charge in [0.1, 0.15) is 0 Å². The van der Waals surface area contributed by atoms with Gasteiger partial charge < -0.3 is 4.90 Å². The fraction of sp³-hybridized carbons (Fsp3) is 1.00. The van der Waals surface area contributed by atoms with E-state index in [0.717, 1.165) is 11.3 Å². The van der Waals surface area contributed by atoms with Gasteiger partial charge in [-0.15, -0.1) is 12.4 Å². The minimum atomic E-state index is 0. The molecule has 2 saturated carbocycles. The van der Waals surface area contributed by atoms with Crippen LogP contribution in [0.4, 0.5) is 0 Å². The van der Waals surface area contributed by atoms with Crippen LogP contribution in [-0.4, -0.2) is 25.5 Å². The fourth-order valence-corrected chi connectivity index (χ4v) is 4.40. The van der Waals surface area contributed by atoms with Crippen LogP contribution in [0.3, 0.4) is 0 Å². The van der Waals surface area contributed by atoms with Crippen molar-refractivity contribution in [3.8, 4) is 0 Å². The Labute approximate surface area is 120 Å². The molecular formula is C16H32ClN. The molecule has 1 spiro atoms. The molecule has 0 radical (unpaired) electrons. The summed E-state index contributed by atoms with van der Waals surface area (Å²) in [4.78, 5) is 2.34. The average molecular weight is 274 g/mol. The monoisotopic (exact) mass is 273 g/mol. The normalized spacial score (nSPS) is 27.2. The molecule has 18 heavy (non-hydrogen) atoms. The molecule has 2 aliphatic rings. The van der Waals surface area contributed by atoms with Crippen LogP contribution in [0.25, 0.3) is 0 Å². The van der Waals surface area contributed by atoms with E-state index >= 15 is 0 Å². The molecule has 1 nitrogen and oxygen atoms in total. The van der Waals surface area contributed by atoms with Crippen molar-refractivity contribution in [3.05, 3.63) is 0 Å². The zero-order valence-corrected chi connectivity index (χ0v) is 13.2. The highest BCUT2D eigenvalue weighted by molar-refractivity contribution is 5.85. The number of halogens is 1. The van der Waals surface area contributed by atoms with E-state index in [9.17, 15) is 0 Å². The molecular weight excluding hydrogens is 242 g/mol. The summed E-state index contributed by atoms with van der Waals surface area (Å²) in [7, 11) is 4.41. The molecule has 0 bridgehead atoms. The highest BCUT2D eigenvalue weighted by Gasteiger charge is 2.40. The van der Waals surface area contributed by atoms with Crippen molar-refractivity contribution >= 4 is 12.4 Å². The summed E-state index contributed by atoms with van der Waals surface area (Å²) in [5.74, 6) is 1.07. The molecule has 0 aromatic heterocycles. The van der Waals surface area contributed by atoms with Crippen molar-refractivity contribution in [1.82, 2.24) is 4.90 Å². The molecule has 0 aliphatic heterocycles. The van der Waals surface area contributed by atoms with Gasteiger partial charge in [0, 0.05) is 0 Å². The van der Waals surface area contributed by atoms with Gasteiger partial charge in [0.05, 0.1) is 0 Å². The van der Waals surface area contributed by atoms with E-state index < -0.39 is 0 Å². The van der Waals surface area contributed by atoms with E-state index in [-0.39, 0.29) is 12.4 Å². The minimum absolute atomic E-state index is 0. The Morgan fingerprint density at radius 1 is 0.944 bits per heavy atom. The number of hydrogen-bond acceptors (Lipinski definition) is 1. The number of rotatable bonds is 4. The zero-order valence-electron chi connectivity index (χ0n) is 12.4. The second-order valence-electron chi connectivity index (χ2n) is 6.81. The summed E-state index contributed by atoms with van der Waals surface area (Å²) in [6.45, 7) is 1.28. The molecule has 0 aromatic rings. The molecule has 2 rings (SSSR count). The maximum Gasteiger partial charge on any atom is -0.00247 e. The molecule has 0 heterocycles. The largest absolute Gasteiger partial charge is 0.309 e. The Morgan fingerprint density at radius 2 is 1.56 bits per heavy atom. The third-order valence-electron chi connectivity index (χ3n) is 5.35. The van der Waals surface area contributed by atoms with Crippen molar-refractivity contribution in [3.63, 3.8) is 0 Å². The third kappa shape index (κ3) is 4.13. The Morgan fingerprint density at radius 3 is 2.17 bits per heavy atom. The van der Waals surface area contributed by atoms with E-state index in [1.54, 1.807) is 19.3 Å². The van der Waals surface area contributed by atoms with Gasteiger partial charge in [-0.3, -0.25) is 0 Å². The van der Waals surface area contributed by atoms with Gasteiger partial charge >= 0.3 is 0 Å². The van der Waals surface area contributed by atoms with Crippen LogP contribution in [0.1, 0.15) is 70.6 Å². The van der Waals surface area contributed by atoms with Crippen LogP contribution in [-0.2, 0) is 0 Å². The number of hydrogen-bond donors (Lipinski definition) is 0. The van der Waals surface area contributed by atoms with Crippen LogP contribution >= 0.6 is 12.4 Å². The summed E-state index contributed by atoms with van der Waals surface area (Å²) in [6, 6.07) is 0. The first kappa shape index (κ1) is 16.3.